The number of nitrogens with zero attached hydrogens (tertiary/aromatic N) is 1. The number of nitrogens with two attached hydrogens (primary N) is 1. The SMILES string of the molecule is COc1csc(C(=O)N2CCCC(N)C2)c1.Cl. The lowest BCUT2D eigenvalue weighted by molar-refractivity contribution is 0.0713. The number of carbonyl (C=O) groups is 1. The van der Waals surface area contributed by atoms with E-state index in [1.165, 1.54) is 11.3 Å². The highest BCUT2D eigenvalue weighted by Gasteiger charge is 2.23. The highest BCUT2D eigenvalue weighted by Crippen LogP contribution is 2.23. The predicted octanol–water partition coefficient (Wildman–Crippen LogP) is 1.74. The van der Waals surface area contributed by atoms with Crippen molar-refractivity contribution in [3.63, 3.8) is 0 Å². The van der Waals surface area contributed by atoms with E-state index in [9.17, 15) is 4.79 Å². The zero-order chi connectivity index (χ0) is 11.5. The molecule has 4 nitrogen and oxygen atoms in total. The summed E-state index contributed by atoms with van der Waals surface area (Å²) in [5.74, 6) is 0.818. The third-order valence-corrected chi connectivity index (χ3v) is 3.66. The van der Waals surface area contributed by atoms with Gasteiger partial charge >= 0.3 is 0 Å². The zero-order valence-corrected chi connectivity index (χ0v) is 11.4. The monoisotopic (exact) mass is 276 g/mol. The molecule has 2 N–H and O–H groups in total. The van der Waals surface area contributed by atoms with Gasteiger partial charge in [0.25, 0.3) is 5.91 Å². The van der Waals surface area contributed by atoms with Gasteiger partial charge in [-0.2, -0.15) is 0 Å². The molecular weight excluding hydrogens is 260 g/mol. The minimum Gasteiger partial charge on any atom is -0.496 e. The van der Waals surface area contributed by atoms with Crippen LogP contribution in [-0.4, -0.2) is 37.0 Å². The van der Waals surface area contributed by atoms with E-state index in [4.69, 9.17) is 10.5 Å². The van der Waals surface area contributed by atoms with Crippen LogP contribution in [0.2, 0.25) is 0 Å². The minimum absolute atomic E-state index is 0. The van der Waals surface area contributed by atoms with E-state index in [0.717, 1.165) is 30.0 Å². The van der Waals surface area contributed by atoms with Crippen LogP contribution in [0.5, 0.6) is 5.75 Å². The maximum absolute atomic E-state index is 12.1. The van der Waals surface area contributed by atoms with Crippen LogP contribution >= 0.6 is 23.7 Å². The number of rotatable bonds is 2. The quantitative estimate of drug-likeness (QED) is 0.895. The molecule has 17 heavy (non-hydrogen) atoms. The van der Waals surface area contributed by atoms with Crippen LogP contribution < -0.4 is 10.5 Å². The molecule has 0 aromatic carbocycles. The van der Waals surface area contributed by atoms with E-state index in [1.807, 2.05) is 10.3 Å². The standard InChI is InChI=1S/C11H16N2O2S.ClH/c1-15-9-5-10(16-7-9)11(14)13-4-2-3-8(12)6-13;/h5,7-8H,2-4,6,12H2,1H3;1H. The van der Waals surface area contributed by atoms with Crippen molar-refractivity contribution in [2.45, 2.75) is 18.9 Å². The van der Waals surface area contributed by atoms with Crippen LogP contribution in [0, 0.1) is 0 Å². The van der Waals surface area contributed by atoms with Crippen LogP contribution in [0.1, 0.15) is 22.5 Å². The molecular formula is C11H17ClN2O2S. The lowest BCUT2D eigenvalue weighted by atomic mass is 10.1. The summed E-state index contributed by atoms with van der Waals surface area (Å²) < 4.78 is 5.07. The third kappa shape index (κ3) is 3.34. The van der Waals surface area contributed by atoms with Crippen molar-refractivity contribution in [2.75, 3.05) is 20.2 Å². The molecule has 6 heteroatoms. The molecule has 1 aliphatic rings. The van der Waals surface area contributed by atoms with E-state index in [1.54, 1.807) is 13.2 Å². The molecule has 0 saturated carbocycles. The molecule has 1 fully saturated rings. The van der Waals surface area contributed by atoms with Gasteiger partial charge in [0.2, 0.25) is 0 Å². The largest absolute Gasteiger partial charge is 0.496 e. The molecule has 1 aromatic heterocycles. The Morgan fingerprint density at radius 1 is 1.65 bits per heavy atom. The smallest absolute Gasteiger partial charge is 0.264 e. The second-order valence-electron chi connectivity index (χ2n) is 4.00. The van der Waals surface area contributed by atoms with Crippen LogP contribution in [0.15, 0.2) is 11.4 Å². The summed E-state index contributed by atoms with van der Waals surface area (Å²) in [6, 6.07) is 1.91. The third-order valence-electron chi connectivity index (χ3n) is 2.77. The molecule has 2 heterocycles. The number of hydrogen-bond donors (Lipinski definition) is 1. The highest BCUT2D eigenvalue weighted by atomic mass is 35.5. The van der Waals surface area contributed by atoms with Crippen molar-refractivity contribution >= 4 is 29.7 Å². The number of piperidine rings is 1. The number of hydrogen-bond acceptors (Lipinski definition) is 4. The summed E-state index contributed by atoms with van der Waals surface area (Å²) >= 11 is 1.42. The van der Waals surface area contributed by atoms with Gasteiger partial charge in [-0.1, -0.05) is 0 Å². The Hall–Kier alpha value is -0.780. The first-order chi connectivity index (χ1) is 7.70. The van der Waals surface area contributed by atoms with Gasteiger partial charge in [0, 0.05) is 30.6 Å². The summed E-state index contributed by atoms with van der Waals surface area (Å²) in [4.78, 5) is 14.7. The molecule has 1 aromatic rings. The molecule has 1 saturated heterocycles. The first-order valence-corrected chi connectivity index (χ1v) is 6.26. The van der Waals surface area contributed by atoms with E-state index in [-0.39, 0.29) is 24.4 Å². The topological polar surface area (TPSA) is 55.6 Å². The van der Waals surface area contributed by atoms with E-state index in [0.29, 0.717) is 6.54 Å². The van der Waals surface area contributed by atoms with Crippen LogP contribution in [-0.2, 0) is 0 Å². The Labute approximate surface area is 111 Å². The molecule has 0 bridgehead atoms. The summed E-state index contributed by atoms with van der Waals surface area (Å²) in [6.07, 6.45) is 2.01. The average molecular weight is 277 g/mol. The maximum atomic E-state index is 12.1. The molecule has 0 aliphatic carbocycles. The number of amides is 1. The number of ether oxygens (including phenoxy) is 1. The Bertz CT molecular complexity index is 383. The number of halogens is 1. The van der Waals surface area contributed by atoms with Crippen molar-refractivity contribution in [2.24, 2.45) is 5.73 Å². The Kier molecular flexibility index (Phi) is 5.24. The van der Waals surface area contributed by atoms with Crippen molar-refractivity contribution in [1.29, 1.82) is 0 Å². The van der Waals surface area contributed by atoms with Gasteiger partial charge in [0.05, 0.1) is 12.0 Å². The van der Waals surface area contributed by atoms with E-state index in [2.05, 4.69) is 0 Å². The van der Waals surface area contributed by atoms with Gasteiger partial charge in [-0.05, 0) is 12.8 Å². The Balaban J connectivity index is 0.00000144. The van der Waals surface area contributed by atoms with Crippen molar-refractivity contribution in [3.05, 3.63) is 16.3 Å². The first kappa shape index (κ1) is 14.3. The highest BCUT2D eigenvalue weighted by molar-refractivity contribution is 7.12. The molecule has 1 amide bonds. The van der Waals surface area contributed by atoms with Gasteiger partial charge in [-0.25, -0.2) is 0 Å². The van der Waals surface area contributed by atoms with Gasteiger partial charge < -0.3 is 15.4 Å². The number of thiophene rings is 1. The Morgan fingerprint density at radius 3 is 3.00 bits per heavy atom. The van der Waals surface area contributed by atoms with Gasteiger partial charge in [0.1, 0.15) is 5.75 Å². The second-order valence-corrected chi connectivity index (χ2v) is 4.92. The van der Waals surface area contributed by atoms with Crippen molar-refractivity contribution in [3.8, 4) is 5.75 Å². The molecule has 0 spiro atoms. The lowest BCUT2D eigenvalue weighted by Gasteiger charge is -2.30. The predicted molar refractivity (Wildman–Crippen MR) is 71.2 cm³/mol. The normalized spacial score (nSPS) is 19.6. The van der Waals surface area contributed by atoms with E-state index >= 15 is 0 Å². The average Bonchev–Trinajstić information content (AvgIpc) is 2.76. The molecule has 96 valence electrons. The lowest BCUT2D eigenvalue weighted by Crippen LogP contribution is -2.45. The molecule has 2 rings (SSSR count). The fourth-order valence-electron chi connectivity index (χ4n) is 1.89. The molecule has 1 aliphatic heterocycles. The summed E-state index contributed by atoms with van der Waals surface area (Å²) in [6.45, 7) is 1.48. The minimum atomic E-state index is 0. The first-order valence-electron chi connectivity index (χ1n) is 5.38. The number of likely N-dealkylation sites (tertiary alicyclic amines) is 1. The van der Waals surface area contributed by atoms with Gasteiger partial charge in [0.15, 0.2) is 0 Å². The van der Waals surface area contributed by atoms with E-state index < -0.39 is 0 Å². The fourth-order valence-corrected chi connectivity index (χ4v) is 2.71. The second kappa shape index (κ2) is 6.23. The zero-order valence-electron chi connectivity index (χ0n) is 9.72. The maximum Gasteiger partial charge on any atom is 0.264 e. The summed E-state index contributed by atoms with van der Waals surface area (Å²) in [5, 5.41) is 1.84. The van der Waals surface area contributed by atoms with Crippen LogP contribution in [0.25, 0.3) is 0 Å². The van der Waals surface area contributed by atoms with Crippen LogP contribution in [0.4, 0.5) is 0 Å². The summed E-state index contributed by atoms with van der Waals surface area (Å²) in [7, 11) is 1.60. The molecule has 1 unspecified atom stereocenters. The number of methoxy groups -OCH3 is 1. The molecule has 0 radical (unpaired) electrons. The Morgan fingerprint density at radius 2 is 2.41 bits per heavy atom. The fraction of sp³-hybridized carbons (Fsp3) is 0.545. The van der Waals surface area contributed by atoms with Crippen LogP contribution in [0.3, 0.4) is 0 Å². The number of carbonyl (C=O) groups excluding carboxylic acids is 1. The van der Waals surface area contributed by atoms with Crippen molar-refractivity contribution < 1.29 is 9.53 Å². The van der Waals surface area contributed by atoms with Gasteiger partial charge in [-0.15, -0.1) is 23.7 Å². The van der Waals surface area contributed by atoms with Gasteiger partial charge in [-0.3, -0.25) is 4.79 Å². The summed E-state index contributed by atoms with van der Waals surface area (Å²) in [5.41, 5.74) is 5.86. The molecule has 1 atom stereocenters. The van der Waals surface area contributed by atoms with Crippen molar-refractivity contribution in [1.82, 2.24) is 4.90 Å².